The summed E-state index contributed by atoms with van der Waals surface area (Å²) >= 11 is 0. The van der Waals surface area contributed by atoms with E-state index in [1.165, 1.54) is 6.07 Å². The summed E-state index contributed by atoms with van der Waals surface area (Å²) in [5, 5.41) is 9.35. The topological polar surface area (TPSA) is 43.8 Å². The summed E-state index contributed by atoms with van der Waals surface area (Å²) in [6, 6.07) is 6.65. The summed E-state index contributed by atoms with van der Waals surface area (Å²) in [6.45, 7) is 4.65. The summed E-state index contributed by atoms with van der Waals surface area (Å²) in [4.78, 5) is 16.5. The van der Waals surface area contributed by atoms with Crippen molar-refractivity contribution in [2.24, 2.45) is 5.92 Å². The molecule has 0 saturated carbocycles. The second kappa shape index (κ2) is 8.41. The molecule has 2 atom stereocenters. The normalized spacial score (nSPS) is 20.3. The third kappa shape index (κ3) is 5.59. The van der Waals surface area contributed by atoms with Crippen molar-refractivity contribution in [1.29, 1.82) is 0 Å². The van der Waals surface area contributed by atoms with Crippen LogP contribution < -0.4 is 0 Å². The van der Waals surface area contributed by atoms with Gasteiger partial charge in [0.25, 0.3) is 0 Å². The largest absolute Gasteiger partial charge is 0.393 e. The zero-order chi connectivity index (χ0) is 16.8. The van der Waals surface area contributed by atoms with Gasteiger partial charge in [-0.2, -0.15) is 0 Å². The van der Waals surface area contributed by atoms with Gasteiger partial charge in [0.05, 0.1) is 12.0 Å². The molecule has 1 aliphatic heterocycles. The van der Waals surface area contributed by atoms with Gasteiger partial charge >= 0.3 is 0 Å². The van der Waals surface area contributed by atoms with Crippen molar-refractivity contribution in [3.05, 3.63) is 35.6 Å². The maximum absolute atomic E-state index is 13.3. The van der Waals surface area contributed by atoms with Crippen LogP contribution >= 0.6 is 0 Å². The number of benzene rings is 1. The summed E-state index contributed by atoms with van der Waals surface area (Å²) in [7, 11) is 1.80. The van der Waals surface area contributed by atoms with E-state index in [1.54, 1.807) is 31.0 Å². The zero-order valence-corrected chi connectivity index (χ0v) is 14.0. The Balaban J connectivity index is 1.88. The van der Waals surface area contributed by atoms with Crippen molar-refractivity contribution < 1.29 is 14.3 Å². The number of hydrogen-bond donors (Lipinski definition) is 1. The van der Waals surface area contributed by atoms with Crippen LogP contribution in [0.3, 0.4) is 0 Å². The first-order valence-electron chi connectivity index (χ1n) is 8.35. The number of hydrogen-bond acceptors (Lipinski definition) is 3. The number of nitrogens with zero attached hydrogens (tertiary/aromatic N) is 2. The molecule has 0 spiro atoms. The molecule has 1 N–H and O–H groups in total. The standard InChI is InChI=1S/C18H27FN2O2/c1-14(22)8-10-20(2)18(23)16-6-4-9-21(13-16)12-15-5-3-7-17(19)11-15/h3,5,7,11,14,16,22H,4,6,8-10,12-13H2,1-2H3. The molecule has 1 aromatic carbocycles. The van der Waals surface area contributed by atoms with E-state index >= 15 is 0 Å². The van der Waals surface area contributed by atoms with Crippen molar-refractivity contribution in [3.8, 4) is 0 Å². The predicted molar refractivity (Wildman–Crippen MR) is 88.3 cm³/mol. The number of piperidine rings is 1. The molecule has 5 heteroatoms. The van der Waals surface area contributed by atoms with Gasteiger partial charge in [0.2, 0.25) is 5.91 Å². The van der Waals surface area contributed by atoms with Crippen molar-refractivity contribution in [2.75, 3.05) is 26.7 Å². The molecule has 1 amide bonds. The number of amides is 1. The Morgan fingerprint density at radius 1 is 1.52 bits per heavy atom. The molecule has 1 aromatic rings. The lowest BCUT2D eigenvalue weighted by Gasteiger charge is -2.34. The summed E-state index contributed by atoms with van der Waals surface area (Å²) in [5.74, 6) is -0.0732. The quantitative estimate of drug-likeness (QED) is 0.874. The van der Waals surface area contributed by atoms with Crippen LogP contribution in [-0.2, 0) is 11.3 Å². The van der Waals surface area contributed by atoms with Crippen molar-refractivity contribution in [2.45, 2.75) is 38.8 Å². The van der Waals surface area contributed by atoms with Gasteiger partial charge in [-0.05, 0) is 50.4 Å². The molecular weight excluding hydrogens is 295 g/mol. The van der Waals surface area contributed by atoms with Gasteiger partial charge in [0.15, 0.2) is 0 Å². The summed E-state index contributed by atoms with van der Waals surface area (Å²) < 4.78 is 13.3. The van der Waals surface area contributed by atoms with E-state index in [0.29, 0.717) is 26.1 Å². The molecular formula is C18H27FN2O2. The van der Waals surface area contributed by atoms with Gasteiger partial charge in [0.1, 0.15) is 5.82 Å². The first-order chi connectivity index (χ1) is 11.0. The Bertz CT molecular complexity index is 521. The van der Waals surface area contributed by atoms with Crippen LogP contribution in [0.4, 0.5) is 4.39 Å². The highest BCUT2D eigenvalue weighted by molar-refractivity contribution is 5.78. The molecule has 23 heavy (non-hydrogen) atoms. The van der Waals surface area contributed by atoms with E-state index in [-0.39, 0.29) is 23.7 Å². The zero-order valence-electron chi connectivity index (χ0n) is 14.0. The first kappa shape index (κ1) is 17.9. The minimum Gasteiger partial charge on any atom is -0.393 e. The highest BCUT2D eigenvalue weighted by atomic mass is 19.1. The minimum atomic E-state index is -0.388. The Kier molecular flexibility index (Phi) is 6.54. The molecule has 1 fully saturated rings. The minimum absolute atomic E-state index is 0.00342. The van der Waals surface area contributed by atoms with E-state index in [4.69, 9.17) is 0 Å². The lowest BCUT2D eigenvalue weighted by atomic mass is 9.96. The smallest absolute Gasteiger partial charge is 0.226 e. The highest BCUT2D eigenvalue weighted by Crippen LogP contribution is 2.20. The number of aliphatic hydroxyl groups excluding tert-OH is 1. The molecule has 1 saturated heterocycles. The van der Waals surface area contributed by atoms with Crippen molar-refractivity contribution in [3.63, 3.8) is 0 Å². The number of carbonyl (C=O) groups is 1. The third-order valence-electron chi connectivity index (χ3n) is 4.41. The molecule has 1 aliphatic rings. The third-order valence-corrected chi connectivity index (χ3v) is 4.41. The van der Waals surface area contributed by atoms with Gasteiger partial charge in [-0.1, -0.05) is 12.1 Å². The molecule has 0 bridgehead atoms. The monoisotopic (exact) mass is 322 g/mol. The first-order valence-corrected chi connectivity index (χ1v) is 8.35. The van der Waals surface area contributed by atoms with E-state index in [1.807, 2.05) is 6.07 Å². The maximum atomic E-state index is 13.3. The number of halogens is 1. The van der Waals surface area contributed by atoms with E-state index in [2.05, 4.69) is 4.90 Å². The van der Waals surface area contributed by atoms with E-state index in [0.717, 1.165) is 24.9 Å². The van der Waals surface area contributed by atoms with Gasteiger partial charge in [-0.15, -0.1) is 0 Å². The van der Waals surface area contributed by atoms with Crippen LogP contribution in [0.2, 0.25) is 0 Å². The summed E-state index contributed by atoms with van der Waals surface area (Å²) in [5.41, 5.74) is 0.945. The fourth-order valence-electron chi connectivity index (χ4n) is 3.10. The molecule has 4 nitrogen and oxygen atoms in total. The Morgan fingerprint density at radius 2 is 2.30 bits per heavy atom. The Hall–Kier alpha value is -1.46. The van der Waals surface area contributed by atoms with E-state index in [9.17, 15) is 14.3 Å². The molecule has 2 unspecified atom stereocenters. The van der Waals surface area contributed by atoms with Crippen LogP contribution in [-0.4, -0.2) is 53.6 Å². The van der Waals surface area contributed by atoms with Crippen LogP contribution in [0, 0.1) is 11.7 Å². The van der Waals surface area contributed by atoms with E-state index < -0.39 is 0 Å². The number of rotatable bonds is 6. The Morgan fingerprint density at radius 3 is 3.00 bits per heavy atom. The van der Waals surface area contributed by atoms with Crippen molar-refractivity contribution in [1.82, 2.24) is 9.80 Å². The molecule has 0 aromatic heterocycles. The van der Waals surface area contributed by atoms with Crippen LogP contribution in [0.15, 0.2) is 24.3 Å². The molecule has 128 valence electrons. The molecule has 1 heterocycles. The van der Waals surface area contributed by atoms with Gasteiger partial charge in [-0.3, -0.25) is 9.69 Å². The second-order valence-electron chi connectivity index (χ2n) is 6.60. The van der Waals surface area contributed by atoms with Crippen LogP contribution in [0.1, 0.15) is 31.7 Å². The SMILES string of the molecule is CC(O)CCN(C)C(=O)C1CCCN(Cc2cccc(F)c2)C1. The number of carbonyl (C=O) groups excluding carboxylic acids is 1. The highest BCUT2D eigenvalue weighted by Gasteiger charge is 2.27. The van der Waals surface area contributed by atoms with Gasteiger partial charge < -0.3 is 10.0 Å². The molecule has 0 aliphatic carbocycles. The fraction of sp³-hybridized carbons (Fsp3) is 0.611. The lowest BCUT2D eigenvalue weighted by Crippen LogP contribution is -2.43. The van der Waals surface area contributed by atoms with Crippen LogP contribution in [0.25, 0.3) is 0 Å². The second-order valence-corrected chi connectivity index (χ2v) is 6.60. The maximum Gasteiger partial charge on any atom is 0.226 e. The molecule has 0 radical (unpaired) electrons. The fourth-order valence-corrected chi connectivity index (χ4v) is 3.10. The van der Waals surface area contributed by atoms with Crippen molar-refractivity contribution >= 4 is 5.91 Å². The van der Waals surface area contributed by atoms with Crippen LogP contribution in [0.5, 0.6) is 0 Å². The summed E-state index contributed by atoms with van der Waals surface area (Å²) in [6.07, 6.45) is 2.09. The predicted octanol–water partition coefficient (Wildman–Crippen LogP) is 2.27. The number of likely N-dealkylation sites (tertiary alicyclic amines) is 1. The average molecular weight is 322 g/mol. The van der Waals surface area contributed by atoms with Gasteiger partial charge in [-0.25, -0.2) is 4.39 Å². The van der Waals surface area contributed by atoms with Gasteiger partial charge in [0, 0.05) is 26.7 Å². The average Bonchev–Trinajstić information content (AvgIpc) is 2.52. The Labute approximate surface area is 137 Å². The lowest BCUT2D eigenvalue weighted by molar-refractivity contribution is -0.136. The molecule has 2 rings (SSSR count). The number of aliphatic hydroxyl groups is 1.